The minimum absolute atomic E-state index is 0.0103. The molecular formula is C17H14ClN3O3S. The summed E-state index contributed by atoms with van der Waals surface area (Å²) in [5, 5.41) is 16.8. The highest BCUT2D eigenvalue weighted by molar-refractivity contribution is 7.80. The maximum absolute atomic E-state index is 11.9. The first-order chi connectivity index (χ1) is 11.8. The number of non-ortho nitro benzene ring substituents is 1. The number of carbonyl (C=O) groups excluding carboxylic acids is 1. The van der Waals surface area contributed by atoms with E-state index in [-0.39, 0.29) is 10.8 Å². The summed E-state index contributed by atoms with van der Waals surface area (Å²) >= 11 is 10.9. The van der Waals surface area contributed by atoms with Crippen molar-refractivity contribution >= 4 is 52.3 Å². The third-order valence-corrected chi connectivity index (χ3v) is 3.66. The lowest BCUT2D eigenvalue weighted by Gasteiger charge is -2.10. The lowest BCUT2D eigenvalue weighted by Crippen LogP contribution is -2.33. The summed E-state index contributed by atoms with van der Waals surface area (Å²) in [6.45, 7) is 1.71. The van der Waals surface area contributed by atoms with E-state index in [1.165, 1.54) is 24.3 Å². The number of benzene rings is 2. The monoisotopic (exact) mass is 375 g/mol. The van der Waals surface area contributed by atoms with Crippen molar-refractivity contribution in [2.24, 2.45) is 0 Å². The largest absolute Gasteiger partial charge is 0.332 e. The van der Waals surface area contributed by atoms with E-state index in [2.05, 4.69) is 10.6 Å². The first-order valence-electron chi connectivity index (χ1n) is 7.16. The van der Waals surface area contributed by atoms with E-state index in [4.69, 9.17) is 23.8 Å². The van der Waals surface area contributed by atoms with Gasteiger partial charge in [-0.15, -0.1) is 0 Å². The molecule has 0 aliphatic carbocycles. The van der Waals surface area contributed by atoms with Crippen LogP contribution in [-0.4, -0.2) is 15.9 Å². The van der Waals surface area contributed by atoms with Gasteiger partial charge in [-0.3, -0.25) is 20.2 Å². The molecule has 0 aromatic heterocycles. The van der Waals surface area contributed by atoms with Gasteiger partial charge in [0.15, 0.2) is 5.11 Å². The molecule has 128 valence electrons. The molecule has 0 saturated heterocycles. The average Bonchev–Trinajstić information content (AvgIpc) is 2.56. The van der Waals surface area contributed by atoms with Crippen molar-refractivity contribution in [1.82, 2.24) is 5.32 Å². The number of hydrogen-bond donors (Lipinski definition) is 2. The zero-order chi connectivity index (χ0) is 18.4. The third kappa shape index (κ3) is 5.66. The quantitative estimate of drug-likeness (QED) is 0.364. The molecule has 0 aliphatic heterocycles. The van der Waals surface area contributed by atoms with Crippen LogP contribution >= 0.6 is 23.8 Å². The Bertz CT molecular complexity index is 851. The van der Waals surface area contributed by atoms with E-state index < -0.39 is 10.8 Å². The molecule has 0 spiro atoms. The molecule has 0 radical (unpaired) electrons. The number of rotatable bonds is 4. The highest BCUT2D eigenvalue weighted by atomic mass is 35.5. The normalized spacial score (nSPS) is 10.5. The summed E-state index contributed by atoms with van der Waals surface area (Å²) in [6.07, 6.45) is 2.98. The molecule has 2 aromatic rings. The van der Waals surface area contributed by atoms with Crippen LogP contribution < -0.4 is 10.6 Å². The molecule has 2 N–H and O–H groups in total. The van der Waals surface area contributed by atoms with Crippen molar-refractivity contribution in [1.29, 1.82) is 0 Å². The Morgan fingerprint density at radius 2 is 1.92 bits per heavy atom. The van der Waals surface area contributed by atoms with Crippen molar-refractivity contribution in [3.63, 3.8) is 0 Å². The highest BCUT2D eigenvalue weighted by Gasteiger charge is 2.09. The van der Waals surface area contributed by atoms with Crippen LogP contribution in [0.15, 0.2) is 48.5 Å². The van der Waals surface area contributed by atoms with Gasteiger partial charge in [-0.05, 0) is 54.5 Å². The molecule has 1 amide bonds. The van der Waals surface area contributed by atoms with Gasteiger partial charge in [0.1, 0.15) is 0 Å². The van der Waals surface area contributed by atoms with Crippen LogP contribution in [-0.2, 0) is 4.79 Å². The fourth-order valence-corrected chi connectivity index (χ4v) is 2.29. The number of thiocarbonyl (C=S) groups is 1. The van der Waals surface area contributed by atoms with Crippen molar-refractivity contribution in [2.75, 3.05) is 5.32 Å². The van der Waals surface area contributed by atoms with Crippen LogP contribution in [0.2, 0.25) is 5.02 Å². The van der Waals surface area contributed by atoms with Crippen LogP contribution in [0.3, 0.4) is 0 Å². The van der Waals surface area contributed by atoms with E-state index in [1.54, 1.807) is 37.3 Å². The Morgan fingerprint density at radius 3 is 2.52 bits per heavy atom. The van der Waals surface area contributed by atoms with Gasteiger partial charge in [-0.1, -0.05) is 23.7 Å². The molecule has 0 unspecified atom stereocenters. The highest BCUT2D eigenvalue weighted by Crippen LogP contribution is 2.21. The number of amides is 1. The second-order valence-electron chi connectivity index (χ2n) is 5.08. The van der Waals surface area contributed by atoms with Crippen LogP contribution in [0.1, 0.15) is 11.1 Å². The molecular weight excluding hydrogens is 362 g/mol. The lowest BCUT2D eigenvalue weighted by atomic mass is 10.2. The maximum Gasteiger partial charge on any atom is 0.269 e. The Kier molecular flexibility index (Phi) is 6.21. The van der Waals surface area contributed by atoms with Crippen molar-refractivity contribution in [2.45, 2.75) is 6.92 Å². The number of nitrogens with one attached hydrogen (secondary N) is 2. The summed E-state index contributed by atoms with van der Waals surface area (Å²) in [7, 11) is 0. The number of nitrogens with zero attached hydrogens (tertiary/aromatic N) is 1. The number of carbonyl (C=O) groups is 1. The molecule has 8 heteroatoms. The van der Waals surface area contributed by atoms with Gasteiger partial charge in [0.2, 0.25) is 5.91 Å². The Balaban J connectivity index is 1.94. The number of anilines is 1. The number of halogens is 1. The third-order valence-electron chi connectivity index (χ3n) is 3.20. The Hall–Kier alpha value is -2.77. The molecule has 6 nitrogen and oxygen atoms in total. The second-order valence-corrected chi connectivity index (χ2v) is 5.93. The second kappa shape index (κ2) is 8.36. The van der Waals surface area contributed by atoms with E-state index >= 15 is 0 Å². The summed E-state index contributed by atoms with van der Waals surface area (Å²) in [6, 6.07) is 11.3. The van der Waals surface area contributed by atoms with Gasteiger partial charge in [0.25, 0.3) is 5.69 Å². The fraction of sp³-hybridized carbons (Fsp3) is 0.0588. The number of nitro benzene ring substituents is 1. The summed E-state index contributed by atoms with van der Waals surface area (Å²) in [4.78, 5) is 22.1. The topological polar surface area (TPSA) is 84.3 Å². The minimum Gasteiger partial charge on any atom is -0.332 e. The maximum atomic E-state index is 11.9. The molecule has 0 aliphatic rings. The van der Waals surface area contributed by atoms with Crippen LogP contribution in [0.25, 0.3) is 6.08 Å². The lowest BCUT2D eigenvalue weighted by molar-refractivity contribution is -0.384. The van der Waals surface area contributed by atoms with E-state index in [0.29, 0.717) is 16.3 Å². The number of nitro groups is 1. The number of aryl methyl sites for hydroxylation is 1. The zero-order valence-electron chi connectivity index (χ0n) is 13.2. The molecule has 2 rings (SSSR count). The van der Waals surface area contributed by atoms with Gasteiger partial charge in [-0.25, -0.2) is 0 Å². The summed E-state index contributed by atoms with van der Waals surface area (Å²) in [5.41, 5.74) is 2.04. The van der Waals surface area contributed by atoms with Gasteiger partial charge in [0.05, 0.1) is 4.92 Å². The molecule has 2 aromatic carbocycles. The smallest absolute Gasteiger partial charge is 0.269 e. The molecule has 0 saturated carbocycles. The first kappa shape index (κ1) is 18.6. The van der Waals surface area contributed by atoms with Crippen molar-refractivity contribution in [3.05, 3.63) is 74.8 Å². The van der Waals surface area contributed by atoms with E-state index in [0.717, 1.165) is 5.56 Å². The summed E-state index contributed by atoms with van der Waals surface area (Å²) < 4.78 is 0. The van der Waals surface area contributed by atoms with Crippen LogP contribution in [0.5, 0.6) is 0 Å². The Labute approximate surface area is 154 Å². The zero-order valence-corrected chi connectivity index (χ0v) is 14.7. The molecule has 0 bridgehead atoms. The molecule has 0 atom stereocenters. The fourth-order valence-electron chi connectivity index (χ4n) is 1.95. The van der Waals surface area contributed by atoms with Crippen LogP contribution in [0.4, 0.5) is 11.4 Å². The average molecular weight is 376 g/mol. The van der Waals surface area contributed by atoms with E-state index in [1.807, 2.05) is 0 Å². The standard InChI is InChI=1S/C17H14ClN3O3S/c1-11-10-14(21(23)24)7-8-15(11)19-17(25)20-16(22)9-4-12-2-5-13(18)6-3-12/h2-10H,1H3,(H2,19,20,22,25). The first-order valence-corrected chi connectivity index (χ1v) is 7.94. The molecule has 25 heavy (non-hydrogen) atoms. The molecule has 0 heterocycles. The summed E-state index contributed by atoms with van der Waals surface area (Å²) in [5.74, 6) is -0.396. The predicted molar refractivity (Wildman–Crippen MR) is 103 cm³/mol. The molecule has 0 fully saturated rings. The number of hydrogen-bond acceptors (Lipinski definition) is 4. The van der Waals surface area contributed by atoms with Gasteiger partial charge < -0.3 is 5.32 Å². The van der Waals surface area contributed by atoms with Crippen molar-refractivity contribution in [3.8, 4) is 0 Å². The van der Waals surface area contributed by atoms with Crippen molar-refractivity contribution < 1.29 is 9.72 Å². The van der Waals surface area contributed by atoms with Crippen LogP contribution in [0, 0.1) is 17.0 Å². The SMILES string of the molecule is Cc1cc([N+](=O)[O-])ccc1NC(=S)NC(=O)C=Cc1ccc(Cl)cc1. The van der Waals surface area contributed by atoms with Gasteiger partial charge in [0, 0.05) is 28.9 Å². The van der Waals surface area contributed by atoms with E-state index in [9.17, 15) is 14.9 Å². The van der Waals surface area contributed by atoms with Gasteiger partial charge in [-0.2, -0.15) is 0 Å². The Morgan fingerprint density at radius 1 is 1.24 bits per heavy atom. The predicted octanol–water partition coefficient (Wildman–Crippen LogP) is 4.08. The minimum atomic E-state index is -0.474. The van der Waals surface area contributed by atoms with Gasteiger partial charge >= 0.3 is 0 Å².